The predicted molar refractivity (Wildman–Crippen MR) is 107 cm³/mol. The van der Waals surface area contributed by atoms with E-state index in [4.69, 9.17) is 12.2 Å². The number of nitrogens with one attached hydrogen (secondary N) is 2. The number of hydrogen-bond acceptors (Lipinski definition) is 2. The summed E-state index contributed by atoms with van der Waals surface area (Å²) in [6, 6.07) is 5.81. The van der Waals surface area contributed by atoms with Gasteiger partial charge >= 0.3 is 6.18 Å². The molecule has 1 aromatic rings. The van der Waals surface area contributed by atoms with E-state index in [1.807, 2.05) is 0 Å². The maximum absolute atomic E-state index is 12.8. The van der Waals surface area contributed by atoms with Crippen molar-refractivity contribution in [1.29, 1.82) is 0 Å². The first-order chi connectivity index (χ1) is 12.8. The highest BCUT2D eigenvalue weighted by Gasteiger charge is 2.32. The maximum atomic E-state index is 12.8. The highest BCUT2D eigenvalue weighted by Crippen LogP contribution is 2.32. The van der Waals surface area contributed by atoms with Crippen molar-refractivity contribution in [2.45, 2.75) is 51.2 Å². The summed E-state index contributed by atoms with van der Waals surface area (Å²) in [6.45, 7) is 5.33. The van der Waals surface area contributed by atoms with Crippen molar-refractivity contribution in [1.82, 2.24) is 10.2 Å². The third kappa shape index (κ3) is 5.57. The standard InChI is InChI=1S/C20H28F3N3S/c1-14-5-2-3-8-18(14)26-10-9-15(13-26)12-24-19(27)25-17-7-4-6-16(11-17)20(21,22)23/h4,6-7,11,14-15,18H,2-3,5,8-10,12-13H2,1H3,(H2,24,25,27)/t14-,15+,18+/m1/s1. The van der Waals surface area contributed by atoms with E-state index in [1.165, 1.54) is 31.7 Å². The lowest BCUT2D eigenvalue weighted by Gasteiger charge is -2.36. The second kappa shape index (κ2) is 8.78. The molecule has 27 heavy (non-hydrogen) atoms. The van der Waals surface area contributed by atoms with Crippen LogP contribution in [0.5, 0.6) is 0 Å². The molecule has 3 nitrogen and oxygen atoms in total. The molecule has 0 bridgehead atoms. The number of likely N-dealkylation sites (tertiary alicyclic amines) is 1. The molecule has 0 unspecified atom stereocenters. The highest BCUT2D eigenvalue weighted by atomic mass is 32.1. The molecule has 1 saturated carbocycles. The number of halogens is 3. The zero-order valence-electron chi connectivity index (χ0n) is 15.7. The normalized spacial score (nSPS) is 26.7. The summed E-state index contributed by atoms with van der Waals surface area (Å²) in [5.41, 5.74) is -0.324. The summed E-state index contributed by atoms with van der Waals surface area (Å²) < 4.78 is 38.4. The second-order valence-corrected chi connectivity index (χ2v) is 8.30. The number of thiocarbonyl (C=S) groups is 1. The molecule has 1 aromatic carbocycles. The summed E-state index contributed by atoms with van der Waals surface area (Å²) in [4.78, 5) is 2.62. The number of hydrogen-bond donors (Lipinski definition) is 2. The van der Waals surface area contributed by atoms with Gasteiger partial charge in [0.05, 0.1) is 5.56 Å². The summed E-state index contributed by atoms with van der Waals surface area (Å²) in [7, 11) is 0. The molecule has 2 fully saturated rings. The quantitative estimate of drug-likeness (QED) is 0.705. The lowest BCUT2D eigenvalue weighted by molar-refractivity contribution is -0.137. The maximum Gasteiger partial charge on any atom is 0.416 e. The van der Waals surface area contributed by atoms with Crippen molar-refractivity contribution in [3.8, 4) is 0 Å². The van der Waals surface area contributed by atoms with E-state index >= 15 is 0 Å². The average Bonchev–Trinajstić information content (AvgIpc) is 3.09. The Bertz CT molecular complexity index is 650. The Hall–Kier alpha value is -1.34. The van der Waals surface area contributed by atoms with Gasteiger partial charge in [-0.2, -0.15) is 13.2 Å². The van der Waals surface area contributed by atoms with Crippen LogP contribution < -0.4 is 10.6 Å². The van der Waals surface area contributed by atoms with Crippen molar-refractivity contribution in [2.24, 2.45) is 11.8 Å². The number of anilines is 1. The van der Waals surface area contributed by atoms with E-state index in [1.54, 1.807) is 6.07 Å². The van der Waals surface area contributed by atoms with Gasteiger partial charge in [0.15, 0.2) is 5.11 Å². The number of rotatable bonds is 4. The van der Waals surface area contributed by atoms with E-state index in [9.17, 15) is 13.2 Å². The van der Waals surface area contributed by atoms with E-state index in [0.717, 1.165) is 44.1 Å². The van der Waals surface area contributed by atoms with Gasteiger partial charge in [-0.25, -0.2) is 0 Å². The van der Waals surface area contributed by atoms with Gasteiger partial charge in [-0.15, -0.1) is 0 Å². The predicted octanol–water partition coefficient (Wildman–Crippen LogP) is 4.89. The van der Waals surface area contributed by atoms with Crippen molar-refractivity contribution in [3.63, 3.8) is 0 Å². The molecule has 0 radical (unpaired) electrons. The van der Waals surface area contributed by atoms with E-state index < -0.39 is 11.7 Å². The second-order valence-electron chi connectivity index (χ2n) is 7.89. The lowest BCUT2D eigenvalue weighted by atomic mass is 9.85. The largest absolute Gasteiger partial charge is 0.416 e. The van der Waals surface area contributed by atoms with Crippen LogP contribution in [0, 0.1) is 11.8 Å². The van der Waals surface area contributed by atoms with E-state index in [2.05, 4.69) is 22.5 Å². The molecule has 2 N–H and O–H groups in total. The van der Waals surface area contributed by atoms with Crippen LogP contribution >= 0.6 is 12.2 Å². The van der Waals surface area contributed by atoms with Gasteiger partial charge in [0, 0.05) is 24.8 Å². The van der Waals surface area contributed by atoms with Crippen molar-refractivity contribution >= 4 is 23.0 Å². The van der Waals surface area contributed by atoms with Crippen LogP contribution in [0.25, 0.3) is 0 Å². The SMILES string of the molecule is C[C@@H]1CCCC[C@@H]1N1CC[C@@H](CNC(=S)Nc2cccc(C(F)(F)F)c2)C1. The van der Waals surface area contributed by atoms with Crippen molar-refractivity contribution < 1.29 is 13.2 Å². The zero-order chi connectivity index (χ0) is 19.4. The molecular formula is C20H28F3N3S. The van der Waals surface area contributed by atoms with Crippen LogP contribution in [0.4, 0.5) is 18.9 Å². The van der Waals surface area contributed by atoms with Gasteiger partial charge in [-0.1, -0.05) is 25.8 Å². The number of benzene rings is 1. The smallest absolute Gasteiger partial charge is 0.362 e. The molecule has 1 saturated heterocycles. The minimum atomic E-state index is -4.35. The summed E-state index contributed by atoms with van der Waals surface area (Å²) in [5.74, 6) is 1.30. The fourth-order valence-electron chi connectivity index (χ4n) is 4.36. The Balaban J connectivity index is 1.45. The van der Waals surface area contributed by atoms with Gasteiger partial charge in [0.1, 0.15) is 0 Å². The zero-order valence-corrected chi connectivity index (χ0v) is 16.5. The number of nitrogens with zero attached hydrogens (tertiary/aromatic N) is 1. The summed E-state index contributed by atoms with van der Waals surface area (Å²) in [6.07, 6.45) is 2.11. The van der Waals surface area contributed by atoms with Gasteiger partial charge < -0.3 is 10.6 Å². The topological polar surface area (TPSA) is 27.3 Å². The van der Waals surface area contributed by atoms with Crippen LogP contribution in [-0.2, 0) is 6.18 Å². The lowest BCUT2D eigenvalue weighted by Crippen LogP contribution is -2.41. The molecule has 0 spiro atoms. The van der Waals surface area contributed by atoms with Gasteiger partial charge in [0.2, 0.25) is 0 Å². The monoisotopic (exact) mass is 399 g/mol. The molecule has 2 aliphatic rings. The highest BCUT2D eigenvalue weighted by molar-refractivity contribution is 7.80. The van der Waals surface area contributed by atoms with E-state index in [0.29, 0.717) is 22.8 Å². The van der Waals surface area contributed by atoms with Crippen LogP contribution in [0.3, 0.4) is 0 Å². The van der Waals surface area contributed by atoms with Gasteiger partial charge in [0.25, 0.3) is 0 Å². The van der Waals surface area contributed by atoms with Crippen LogP contribution in [0.1, 0.15) is 44.6 Å². The van der Waals surface area contributed by atoms with Crippen molar-refractivity contribution in [3.05, 3.63) is 29.8 Å². The Morgan fingerprint density at radius 3 is 2.74 bits per heavy atom. The fourth-order valence-corrected chi connectivity index (χ4v) is 4.56. The minimum absolute atomic E-state index is 0.353. The first-order valence-corrected chi connectivity index (χ1v) is 10.2. The van der Waals surface area contributed by atoms with Gasteiger partial charge in [-0.05, 0) is 68.1 Å². The van der Waals surface area contributed by atoms with Crippen molar-refractivity contribution in [2.75, 3.05) is 25.0 Å². The number of alkyl halides is 3. The molecule has 3 atom stereocenters. The Kier molecular flexibility index (Phi) is 6.63. The Labute approximate surface area is 164 Å². The molecule has 0 amide bonds. The molecule has 7 heteroatoms. The Morgan fingerprint density at radius 1 is 1.22 bits per heavy atom. The fraction of sp³-hybridized carbons (Fsp3) is 0.650. The first-order valence-electron chi connectivity index (χ1n) is 9.79. The minimum Gasteiger partial charge on any atom is -0.362 e. The molecule has 150 valence electrons. The molecule has 1 aliphatic carbocycles. The third-order valence-corrected chi connectivity index (χ3v) is 6.10. The van der Waals surface area contributed by atoms with Crippen LogP contribution in [0.2, 0.25) is 0 Å². The molecule has 3 rings (SSSR count). The molecular weight excluding hydrogens is 371 g/mol. The Morgan fingerprint density at radius 2 is 2.00 bits per heavy atom. The molecule has 0 aromatic heterocycles. The summed E-state index contributed by atoms with van der Waals surface area (Å²) >= 11 is 5.26. The average molecular weight is 400 g/mol. The van der Waals surface area contributed by atoms with Gasteiger partial charge in [-0.3, -0.25) is 4.90 Å². The third-order valence-electron chi connectivity index (χ3n) is 5.85. The summed E-state index contributed by atoms with van der Waals surface area (Å²) in [5, 5.41) is 6.42. The van der Waals surface area contributed by atoms with E-state index in [-0.39, 0.29) is 0 Å². The molecule has 1 heterocycles. The molecule has 1 aliphatic heterocycles. The van der Waals surface area contributed by atoms with Crippen LogP contribution in [0.15, 0.2) is 24.3 Å². The first kappa shape index (κ1) is 20.4. The van der Waals surface area contributed by atoms with Crippen LogP contribution in [-0.4, -0.2) is 35.7 Å².